The van der Waals surface area contributed by atoms with Crippen LogP contribution >= 0.6 is 11.3 Å². The normalized spacial score (nSPS) is 30.8. The Morgan fingerprint density at radius 2 is 1.57 bits per heavy atom. The number of nitrogens with one attached hydrogen (secondary N) is 1. The highest BCUT2D eigenvalue weighted by Gasteiger charge is 2.78. The smallest absolute Gasteiger partial charge is 0.408 e. The van der Waals surface area contributed by atoms with Crippen LogP contribution in [0.3, 0.4) is 0 Å². The number of carbonyl (C=O) groups excluding carboxylic acids is 6. The van der Waals surface area contributed by atoms with Crippen molar-refractivity contribution < 1.29 is 71.1 Å². The van der Waals surface area contributed by atoms with Gasteiger partial charge in [0.05, 0.1) is 18.8 Å². The minimum atomic E-state index is -3.05. The number of rotatable bonds is 14. The number of carbonyl (C=O) groups is 6. The van der Waals surface area contributed by atoms with Crippen molar-refractivity contribution in [2.75, 3.05) is 6.61 Å². The van der Waals surface area contributed by atoms with Crippen LogP contribution in [-0.2, 0) is 52.0 Å². The maximum absolute atomic E-state index is 15.9. The van der Waals surface area contributed by atoms with Crippen molar-refractivity contribution in [3.63, 3.8) is 0 Å². The molecule has 0 aromatic carbocycles. The average molecular weight is 1000 g/mol. The molecule has 6 rings (SSSR count). The van der Waals surface area contributed by atoms with E-state index in [2.05, 4.69) is 5.32 Å². The summed E-state index contributed by atoms with van der Waals surface area (Å²) in [5.41, 5.74) is -7.69. The van der Waals surface area contributed by atoms with Gasteiger partial charge < -0.3 is 47.7 Å². The molecule has 1 aliphatic heterocycles. The second-order valence-electron chi connectivity index (χ2n) is 22.2. The van der Waals surface area contributed by atoms with Crippen molar-refractivity contribution in [1.29, 1.82) is 0 Å². The van der Waals surface area contributed by atoms with Crippen LogP contribution in [0.2, 0.25) is 16.6 Å². The molecule has 2 aromatic heterocycles. The van der Waals surface area contributed by atoms with Gasteiger partial charge in [-0.05, 0) is 91.4 Å². The van der Waals surface area contributed by atoms with Crippen LogP contribution < -0.4 is 5.32 Å². The molecule has 2 N–H and O–H groups in total. The molecule has 16 nitrogen and oxygen atoms in total. The second-order valence-corrected chi connectivity index (χ2v) is 28.5. The number of hydrogen-bond acceptors (Lipinski definition) is 16. The molecule has 18 heteroatoms. The minimum absolute atomic E-state index is 0.0522. The zero-order valence-electron chi connectivity index (χ0n) is 43.0. The molecule has 1 saturated heterocycles. The van der Waals surface area contributed by atoms with Crippen molar-refractivity contribution in [2.24, 2.45) is 22.7 Å². The van der Waals surface area contributed by atoms with E-state index in [0.717, 1.165) is 11.3 Å². The largest absolute Gasteiger partial charge is 0.467 e. The molecule has 1 amide bonds. The standard InChI is InChI=1S/C51H73NO15SSi/c1-26(2)69(27(3)4,28(5)6)67-40(38(33-19-17-21-60-33)52-46(58)66-47(11,12)13)45(57)63-34-24-51(59)43(64-44(56)35-20-18-22-68-35)41-49(16,29(7)23-36-50(41,25-61-36)65-32(10)54)42(55)39(62-31(9)53)37(30(34)8)48(51,14)15/h17-22,26-29,34,36,38-41,43,59H,23-25H2,1-16H3,(H,52,58)/t29-,34-,36+,38-,39+,40+,41-,43-,49+,50-,51+/m0/s1. The lowest BCUT2D eigenvalue weighted by Crippen LogP contribution is -2.80. The van der Waals surface area contributed by atoms with Crippen molar-refractivity contribution in [3.05, 3.63) is 57.7 Å². The Balaban J connectivity index is 1.61. The fourth-order valence-corrected chi connectivity index (χ4v) is 18.5. The van der Waals surface area contributed by atoms with E-state index in [-0.39, 0.29) is 45.9 Å². The molecule has 3 heterocycles. The molecule has 0 unspecified atom stereocenters. The van der Waals surface area contributed by atoms with Gasteiger partial charge in [-0.2, -0.15) is 0 Å². The van der Waals surface area contributed by atoms with E-state index in [9.17, 15) is 24.3 Å². The molecule has 11 atom stereocenters. The lowest BCUT2D eigenvalue weighted by atomic mass is 9.43. The Kier molecular flexibility index (Phi) is 15.1. The van der Waals surface area contributed by atoms with E-state index in [1.807, 2.05) is 48.5 Å². The first-order chi connectivity index (χ1) is 31.9. The number of amides is 1. The molecule has 2 aromatic rings. The van der Waals surface area contributed by atoms with Gasteiger partial charge in [0.1, 0.15) is 46.2 Å². The van der Waals surface area contributed by atoms with Gasteiger partial charge >= 0.3 is 30.0 Å². The van der Waals surface area contributed by atoms with Crippen LogP contribution in [0, 0.1) is 22.7 Å². The summed E-state index contributed by atoms with van der Waals surface area (Å²) in [5.74, 6) is -5.50. The second kappa shape index (κ2) is 19.3. The molecule has 0 radical (unpaired) electrons. The lowest BCUT2D eigenvalue weighted by Gasteiger charge is -2.68. The van der Waals surface area contributed by atoms with Gasteiger partial charge in [0, 0.05) is 31.1 Å². The Labute approximate surface area is 411 Å². The summed E-state index contributed by atoms with van der Waals surface area (Å²) in [4.78, 5) is 86.4. The summed E-state index contributed by atoms with van der Waals surface area (Å²) in [6, 6.07) is 5.17. The third-order valence-corrected chi connectivity index (χ3v) is 22.6. The van der Waals surface area contributed by atoms with Gasteiger partial charge in [-0.15, -0.1) is 11.3 Å². The fraction of sp³-hybridized carbons (Fsp3) is 0.686. The Hall–Kier alpha value is -4.36. The molecule has 0 spiro atoms. The third kappa shape index (κ3) is 9.37. The maximum atomic E-state index is 15.9. The van der Waals surface area contributed by atoms with Gasteiger partial charge in [-0.1, -0.05) is 75.3 Å². The highest BCUT2D eigenvalue weighted by Crippen LogP contribution is 2.66. The summed E-state index contributed by atoms with van der Waals surface area (Å²) >= 11 is 1.12. The first-order valence-corrected chi connectivity index (χ1v) is 27.0. The van der Waals surface area contributed by atoms with Crippen molar-refractivity contribution in [1.82, 2.24) is 5.32 Å². The van der Waals surface area contributed by atoms with Crippen molar-refractivity contribution >= 4 is 55.4 Å². The molecular weight excluding hydrogens is 927 g/mol. The first kappa shape index (κ1) is 54.0. The van der Waals surface area contributed by atoms with Crippen molar-refractivity contribution in [2.45, 2.75) is 194 Å². The summed E-state index contributed by atoms with van der Waals surface area (Å²) in [7, 11) is -3.05. The number of fused-ring (bicyclic) bond motifs is 5. The molecule has 69 heavy (non-hydrogen) atoms. The number of thiophene rings is 1. The van der Waals surface area contributed by atoms with E-state index < -0.39 is 127 Å². The minimum Gasteiger partial charge on any atom is -0.467 e. The van der Waals surface area contributed by atoms with Gasteiger partial charge in [-0.3, -0.25) is 14.4 Å². The van der Waals surface area contributed by atoms with E-state index in [4.69, 9.17) is 37.3 Å². The van der Waals surface area contributed by atoms with Crippen LogP contribution in [0.4, 0.5) is 4.79 Å². The molecule has 382 valence electrons. The predicted molar refractivity (Wildman–Crippen MR) is 256 cm³/mol. The zero-order chi connectivity index (χ0) is 51.6. The van der Waals surface area contributed by atoms with E-state index in [1.165, 1.54) is 20.1 Å². The zero-order valence-corrected chi connectivity index (χ0v) is 44.8. The number of ether oxygens (including phenoxy) is 6. The highest BCUT2D eigenvalue weighted by molar-refractivity contribution is 7.12. The number of Topliss-reactive ketones (excluding diaryl/α,β-unsaturated/α-hetero) is 1. The highest BCUT2D eigenvalue weighted by atomic mass is 32.1. The van der Waals surface area contributed by atoms with E-state index >= 15 is 9.59 Å². The number of hydrogen-bond donors (Lipinski definition) is 2. The monoisotopic (exact) mass is 999 g/mol. The molecule has 2 bridgehead atoms. The van der Waals surface area contributed by atoms with Gasteiger partial charge in [-0.25, -0.2) is 14.4 Å². The third-order valence-electron chi connectivity index (χ3n) is 15.7. The van der Waals surface area contributed by atoms with Crippen LogP contribution in [0.1, 0.15) is 145 Å². The van der Waals surface area contributed by atoms with E-state index in [0.29, 0.717) is 5.57 Å². The SMILES string of the molecule is CC(=O)O[C@H]1C(=O)[C@@]2(C)[C@H]([C@H](OC(=O)c3cccs3)[C@]3(O)C[C@H](OC(=O)[C@H](O[Si](C(C)C)(C(C)C)C(C)C)[C@@H](NC(=O)OC(C)(C)C)c4ccco4)C(C)=C1C3(C)C)[C@]1(OC(C)=O)CO[C@@H]1C[C@@H]2C. The quantitative estimate of drug-likeness (QED) is 0.0783. The number of esters is 4. The lowest BCUT2D eigenvalue weighted by molar-refractivity contribution is -0.340. The van der Waals surface area contributed by atoms with Gasteiger partial charge in [0.15, 0.2) is 23.6 Å². The van der Waals surface area contributed by atoms with Gasteiger partial charge in [0.2, 0.25) is 8.32 Å². The predicted octanol–water partition coefficient (Wildman–Crippen LogP) is 8.96. The first-order valence-electron chi connectivity index (χ1n) is 24.0. The summed E-state index contributed by atoms with van der Waals surface area (Å²) in [6.45, 7) is 28.1. The van der Waals surface area contributed by atoms with E-state index in [1.54, 1.807) is 78.1 Å². The molecule has 4 aliphatic rings. The van der Waals surface area contributed by atoms with Crippen LogP contribution in [0.25, 0.3) is 0 Å². The fourth-order valence-electron chi connectivity index (χ4n) is 12.4. The summed E-state index contributed by atoms with van der Waals surface area (Å²) in [6.07, 6.45) is -6.67. The Morgan fingerprint density at radius 3 is 2.06 bits per heavy atom. The molecule has 2 saturated carbocycles. The molecule has 3 aliphatic carbocycles. The Morgan fingerprint density at radius 1 is 0.928 bits per heavy atom. The van der Waals surface area contributed by atoms with Crippen molar-refractivity contribution in [3.8, 4) is 0 Å². The number of aliphatic hydroxyl groups is 1. The number of ketones is 1. The van der Waals surface area contributed by atoms with Crippen LogP contribution in [0.15, 0.2) is 51.5 Å². The number of furan rings is 1. The molecular formula is C51H73NO15SSi. The number of alkyl carbamates (subject to hydrolysis) is 1. The molecule has 3 fully saturated rings. The Bertz CT molecular complexity index is 2280. The van der Waals surface area contributed by atoms with Crippen LogP contribution in [0.5, 0.6) is 0 Å². The average Bonchev–Trinajstić information content (AvgIpc) is 3.97. The summed E-state index contributed by atoms with van der Waals surface area (Å²) in [5, 5.41) is 18.6. The van der Waals surface area contributed by atoms with Crippen LogP contribution in [-0.4, -0.2) is 103 Å². The maximum Gasteiger partial charge on any atom is 0.408 e. The van der Waals surface area contributed by atoms with Gasteiger partial charge in [0.25, 0.3) is 0 Å². The topological polar surface area (TPSA) is 212 Å². The summed E-state index contributed by atoms with van der Waals surface area (Å²) < 4.78 is 50.6.